The Bertz CT molecular complexity index is 556. The van der Waals surface area contributed by atoms with Gasteiger partial charge in [-0.15, -0.1) is 0 Å². The average molecular weight is 224 g/mol. The topological polar surface area (TPSA) is 68.9 Å². The quantitative estimate of drug-likeness (QED) is 0.550. The Morgan fingerprint density at radius 3 is 2.73 bits per heavy atom. The van der Waals surface area contributed by atoms with E-state index < -0.39 is 4.92 Å². The molecule has 6 heteroatoms. The smallest absolute Gasteiger partial charge is 0.258 e. The van der Waals surface area contributed by atoms with Gasteiger partial charge in [-0.1, -0.05) is 11.6 Å². The summed E-state index contributed by atoms with van der Waals surface area (Å²) in [7, 11) is 0. The van der Waals surface area contributed by atoms with E-state index in [1.807, 2.05) is 0 Å². The number of hydrogen-bond donors (Lipinski definition) is 0. The summed E-state index contributed by atoms with van der Waals surface area (Å²) in [6.45, 7) is 1.73. The van der Waals surface area contributed by atoms with Gasteiger partial charge in [0.25, 0.3) is 5.69 Å². The first-order valence-electron chi connectivity index (χ1n) is 4.16. The molecule has 0 N–H and O–H groups in total. The molecule has 1 aromatic carbocycles. The molecule has 0 atom stereocenters. The number of non-ortho nitro benzene ring substituents is 1. The summed E-state index contributed by atoms with van der Waals surface area (Å²) in [5.41, 5.74) is 1.62. The van der Waals surface area contributed by atoms with Crippen LogP contribution in [0.5, 0.6) is 0 Å². The van der Waals surface area contributed by atoms with Crippen LogP contribution in [0.15, 0.2) is 18.2 Å². The predicted molar refractivity (Wildman–Crippen MR) is 55.9 cm³/mol. The van der Waals surface area contributed by atoms with Crippen LogP contribution >= 0.6 is 11.6 Å². The molecule has 0 unspecified atom stereocenters. The minimum atomic E-state index is -0.477. The number of nitro groups is 1. The fourth-order valence-corrected chi connectivity index (χ4v) is 1.36. The summed E-state index contributed by atoms with van der Waals surface area (Å²) in [5.74, 6) is 0. The highest BCUT2D eigenvalue weighted by Gasteiger charge is 2.09. The Morgan fingerprint density at radius 2 is 2.07 bits per heavy atom. The van der Waals surface area contributed by atoms with Crippen molar-refractivity contribution in [3.05, 3.63) is 39.2 Å². The molecule has 0 amide bonds. The van der Waals surface area contributed by atoms with Crippen LogP contribution in [0.1, 0.15) is 5.69 Å². The van der Waals surface area contributed by atoms with Gasteiger partial charge in [-0.2, -0.15) is 0 Å². The van der Waals surface area contributed by atoms with Crippen LogP contribution in [0.25, 0.3) is 11.0 Å². The van der Waals surface area contributed by atoms with Crippen LogP contribution in [-0.2, 0) is 0 Å². The minimum Gasteiger partial charge on any atom is -0.258 e. The zero-order chi connectivity index (χ0) is 11.0. The van der Waals surface area contributed by atoms with Crippen LogP contribution in [-0.4, -0.2) is 14.9 Å². The minimum absolute atomic E-state index is 0.0169. The van der Waals surface area contributed by atoms with Crippen molar-refractivity contribution in [2.45, 2.75) is 6.92 Å². The van der Waals surface area contributed by atoms with E-state index in [1.165, 1.54) is 12.1 Å². The van der Waals surface area contributed by atoms with E-state index in [2.05, 4.69) is 9.97 Å². The molecule has 0 saturated carbocycles. The lowest BCUT2D eigenvalue weighted by molar-refractivity contribution is -0.384. The maximum Gasteiger partial charge on any atom is 0.271 e. The molecule has 2 aromatic rings. The highest BCUT2D eigenvalue weighted by Crippen LogP contribution is 2.20. The number of nitrogens with zero attached hydrogens (tertiary/aromatic N) is 3. The number of hydrogen-bond acceptors (Lipinski definition) is 4. The van der Waals surface area contributed by atoms with Crippen molar-refractivity contribution in [1.82, 2.24) is 9.97 Å². The SMILES string of the molecule is Cc1nc2ccc([N+](=O)[O-])cc2nc1Cl. The normalized spacial score (nSPS) is 10.5. The lowest BCUT2D eigenvalue weighted by atomic mass is 10.2. The first-order chi connectivity index (χ1) is 7.08. The Balaban J connectivity index is 2.72. The van der Waals surface area contributed by atoms with Crippen molar-refractivity contribution >= 4 is 28.3 Å². The van der Waals surface area contributed by atoms with Gasteiger partial charge in [-0.3, -0.25) is 10.1 Å². The molecule has 0 aliphatic heterocycles. The molecule has 0 aliphatic carbocycles. The second-order valence-electron chi connectivity index (χ2n) is 3.03. The van der Waals surface area contributed by atoms with Crippen LogP contribution < -0.4 is 0 Å². The third-order valence-electron chi connectivity index (χ3n) is 1.98. The number of fused-ring (bicyclic) bond motifs is 1. The Hall–Kier alpha value is -1.75. The van der Waals surface area contributed by atoms with Gasteiger partial charge in [0.2, 0.25) is 0 Å². The highest BCUT2D eigenvalue weighted by atomic mass is 35.5. The molecule has 0 fully saturated rings. The van der Waals surface area contributed by atoms with E-state index >= 15 is 0 Å². The van der Waals surface area contributed by atoms with Gasteiger partial charge < -0.3 is 0 Å². The molecule has 0 saturated heterocycles. The van der Waals surface area contributed by atoms with Crippen molar-refractivity contribution in [3.63, 3.8) is 0 Å². The summed E-state index contributed by atoms with van der Waals surface area (Å²) in [6, 6.07) is 4.31. The molecule has 0 spiro atoms. The number of nitro benzene ring substituents is 1. The average Bonchev–Trinajstić information content (AvgIpc) is 2.19. The third-order valence-corrected chi connectivity index (χ3v) is 2.33. The Kier molecular flexibility index (Phi) is 2.24. The number of aromatic nitrogens is 2. The zero-order valence-electron chi connectivity index (χ0n) is 7.77. The van der Waals surface area contributed by atoms with Crippen LogP contribution in [0, 0.1) is 17.0 Å². The first kappa shape index (κ1) is 9.79. The fourth-order valence-electron chi connectivity index (χ4n) is 1.22. The monoisotopic (exact) mass is 223 g/mol. The largest absolute Gasteiger partial charge is 0.271 e. The van der Waals surface area contributed by atoms with Crippen molar-refractivity contribution in [1.29, 1.82) is 0 Å². The van der Waals surface area contributed by atoms with Crippen molar-refractivity contribution < 1.29 is 4.92 Å². The van der Waals surface area contributed by atoms with E-state index in [0.29, 0.717) is 16.7 Å². The molecule has 0 aliphatic rings. The van der Waals surface area contributed by atoms with E-state index in [1.54, 1.807) is 13.0 Å². The van der Waals surface area contributed by atoms with E-state index in [4.69, 9.17) is 11.6 Å². The maximum absolute atomic E-state index is 10.5. The van der Waals surface area contributed by atoms with Crippen LogP contribution in [0.3, 0.4) is 0 Å². The lowest BCUT2D eigenvalue weighted by Crippen LogP contribution is -1.92. The molecule has 76 valence electrons. The maximum atomic E-state index is 10.5. The van der Waals surface area contributed by atoms with Gasteiger partial charge in [0, 0.05) is 12.1 Å². The van der Waals surface area contributed by atoms with Crippen molar-refractivity contribution in [2.75, 3.05) is 0 Å². The lowest BCUT2D eigenvalue weighted by Gasteiger charge is -2.00. The molecular formula is C9H6ClN3O2. The summed E-state index contributed by atoms with van der Waals surface area (Å²) in [4.78, 5) is 18.2. The van der Waals surface area contributed by atoms with Crippen LogP contribution in [0.4, 0.5) is 5.69 Å². The van der Waals surface area contributed by atoms with Crippen LogP contribution in [0.2, 0.25) is 5.15 Å². The van der Waals surface area contributed by atoms with Gasteiger partial charge in [-0.25, -0.2) is 9.97 Å². The molecule has 1 heterocycles. The summed E-state index contributed by atoms with van der Waals surface area (Å²) in [5, 5.41) is 10.8. The van der Waals surface area contributed by atoms with Gasteiger partial charge >= 0.3 is 0 Å². The Labute approximate surface area is 89.9 Å². The standard InChI is InChI=1S/C9H6ClN3O2/c1-5-9(10)12-8-4-6(13(14)15)2-3-7(8)11-5/h2-4H,1H3. The van der Waals surface area contributed by atoms with Gasteiger partial charge in [-0.05, 0) is 13.0 Å². The van der Waals surface area contributed by atoms with Gasteiger partial charge in [0.15, 0.2) is 5.15 Å². The zero-order valence-corrected chi connectivity index (χ0v) is 8.52. The predicted octanol–water partition coefficient (Wildman–Crippen LogP) is 2.50. The number of benzene rings is 1. The molecule has 0 radical (unpaired) electrons. The molecule has 0 bridgehead atoms. The third kappa shape index (κ3) is 1.73. The van der Waals surface area contributed by atoms with E-state index in [9.17, 15) is 10.1 Å². The number of aryl methyl sites for hydroxylation is 1. The second kappa shape index (κ2) is 3.43. The molecule has 2 rings (SSSR count). The molecule has 15 heavy (non-hydrogen) atoms. The fraction of sp³-hybridized carbons (Fsp3) is 0.111. The molecule has 5 nitrogen and oxygen atoms in total. The summed E-state index contributed by atoms with van der Waals surface area (Å²) < 4.78 is 0. The van der Waals surface area contributed by atoms with Crippen molar-refractivity contribution in [2.24, 2.45) is 0 Å². The molecular weight excluding hydrogens is 218 g/mol. The summed E-state index contributed by atoms with van der Waals surface area (Å²) in [6.07, 6.45) is 0. The van der Waals surface area contributed by atoms with E-state index in [-0.39, 0.29) is 10.8 Å². The first-order valence-corrected chi connectivity index (χ1v) is 4.54. The van der Waals surface area contributed by atoms with Gasteiger partial charge in [0.05, 0.1) is 21.7 Å². The van der Waals surface area contributed by atoms with E-state index in [0.717, 1.165) is 0 Å². The number of halogens is 1. The Morgan fingerprint density at radius 1 is 1.33 bits per heavy atom. The molecule has 1 aromatic heterocycles. The van der Waals surface area contributed by atoms with Crippen molar-refractivity contribution in [3.8, 4) is 0 Å². The number of rotatable bonds is 1. The second-order valence-corrected chi connectivity index (χ2v) is 3.39. The highest BCUT2D eigenvalue weighted by molar-refractivity contribution is 6.30. The van der Waals surface area contributed by atoms with Gasteiger partial charge in [0.1, 0.15) is 0 Å². The summed E-state index contributed by atoms with van der Waals surface area (Å²) >= 11 is 5.78.